The molecule has 1 aliphatic heterocycles. The molecule has 1 aliphatic carbocycles. The van der Waals surface area contributed by atoms with Crippen LogP contribution in [0.15, 0.2) is 89.9 Å². The molecule has 2 amide bonds. The van der Waals surface area contributed by atoms with Gasteiger partial charge in [0.1, 0.15) is 18.0 Å². The maximum Gasteiger partial charge on any atom is 0.274 e. The number of aromatic nitrogens is 1. The lowest BCUT2D eigenvalue weighted by atomic mass is 9.72. The summed E-state index contributed by atoms with van der Waals surface area (Å²) < 4.78 is 28.5. The molecule has 10 heteroatoms. The van der Waals surface area contributed by atoms with Crippen LogP contribution in [0.1, 0.15) is 50.4 Å². The molecule has 1 saturated carbocycles. The Labute approximate surface area is 259 Å². The fourth-order valence-electron chi connectivity index (χ4n) is 5.94. The summed E-state index contributed by atoms with van der Waals surface area (Å²) in [6.45, 7) is 0.663. The Morgan fingerprint density at radius 2 is 1.64 bits per heavy atom. The summed E-state index contributed by atoms with van der Waals surface area (Å²) in [5.74, 6) is -1.93. The van der Waals surface area contributed by atoms with E-state index in [1.165, 1.54) is 18.3 Å². The highest BCUT2D eigenvalue weighted by molar-refractivity contribution is 6.30. The first-order chi connectivity index (χ1) is 21.3. The Morgan fingerprint density at radius 3 is 2.32 bits per heavy atom. The van der Waals surface area contributed by atoms with Gasteiger partial charge in [0.25, 0.3) is 11.8 Å². The van der Waals surface area contributed by atoms with Crippen LogP contribution in [0, 0.1) is 5.82 Å². The van der Waals surface area contributed by atoms with E-state index >= 15 is 0 Å². The first kappa shape index (κ1) is 29.6. The van der Waals surface area contributed by atoms with Gasteiger partial charge in [0.2, 0.25) is 5.43 Å². The Hall–Kier alpha value is -4.47. The second kappa shape index (κ2) is 12.3. The van der Waals surface area contributed by atoms with E-state index < -0.39 is 22.7 Å². The Balaban J connectivity index is 1.34. The first-order valence-corrected chi connectivity index (χ1v) is 14.7. The molecule has 0 unspecified atom stereocenters. The van der Waals surface area contributed by atoms with E-state index in [0.717, 1.165) is 11.1 Å². The highest BCUT2D eigenvalue weighted by Crippen LogP contribution is 2.46. The maximum absolute atomic E-state index is 14.5. The minimum absolute atomic E-state index is 0.0225. The van der Waals surface area contributed by atoms with Gasteiger partial charge in [0.05, 0.1) is 23.3 Å². The van der Waals surface area contributed by atoms with Crippen LogP contribution < -0.4 is 15.5 Å². The van der Waals surface area contributed by atoms with Crippen molar-refractivity contribution in [3.05, 3.63) is 134 Å². The van der Waals surface area contributed by atoms with Gasteiger partial charge >= 0.3 is 0 Å². The Kier molecular flexibility index (Phi) is 8.25. The van der Waals surface area contributed by atoms with Crippen molar-refractivity contribution in [3.8, 4) is 5.75 Å². The van der Waals surface area contributed by atoms with Gasteiger partial charge in [-0.15, -0.1) is 0 Å². The second-order valence-corrected chi connectivity index (χ2v) is 11.7. The summed E-state index contributed by atoms with van der Waals surface area (Å²) >= 11 is 5.90. The number of rotatable bonds is 9. The predicted octanol–water partition coefficient (Wildman–Crippen LogP) is 5.31. The fraction of sp³-hybridized carbons (Fsp3) is 0.265. The van der Waals surface area contributed by atoms with E-state index in [4.69, 9.17) is 21.1 Å². The van der Waals surface area contributed by atoms with E-state index in [1.54, 1.807) is 22.6 Å². The number of hydrogen-bond donors (Lipinski definition) is 1. The first-order valence-electron chi connectivity index (χ1n) is 14.3. The molecule has 0 radical (unpaired) electrons. The highest BCUT2D eigenvalue weighted by Gasteiger charge is 2.52. The van der Waals surface area contributed by atoms with Gasteiger partial charge in [-0.3, -0.25) is 14.4 Å². The average molecular weight is 616 g/mol. The van der Waals surface area contributed by atoms with Gasteiger partial charge in [-0.05, 0) is 30.0 Å². The molecular formula is C34H31ClFN3O5. The molecule has 4 aromatic rings. The smallest absolute Gasteiger partial charge is 0.274 e. The van der Waals surface area contributed by atoms with Crippen LogP contribution >= 0.6 is 11.6 Å². The molecule has 0 saturated heterocycles. The number of carbonyl (C=O) groups is 2. The number of pyridine rings is 1. The average Bonchev–Trinajstić information content (AvgIpc) is 3.02. The van der Waals surface area contributed by atoms with Gasteiger partial charge in [0.15, 0.2) is 11.4 Å². The third-order valence-electron chi connectivity index (χ3n) is 8.24. The van der Waals surface area contributed by atoms with Crippen molar-refractivity contribution in [1.82, 2.24) is 14.8 Å². The Bertz CT molecular complexity index is 1760. The monoisotopic (exact) mass is 615 g/mol. The lowest BCUT2D eigenvalue weighted by molar-refractivity contribution is -0.0929. The fourth-order valence-corrected chi connectivity index (χ4v) is 6.13. The zero-order chi connectivity index (χ0) is 30.8. The van der Waals surface area contributed by atoms with Crippen molar-refractivity contribution in [2.24, 2.45) is 0 Å². The quantitative estimate of drug-likeness (QED) is 0.276. The zero-order valence-electron chi connectivity index (χ0n) is 24.1. The van der Waals surface area contributed by atoms with Gasteiger partial charge in [-0.25, -0.2) is 4.39 Å². The maximum atomic E-state index is 14.5. The molecule has 3 aromatic carbocycles. The summed E-state index contributed by atoms with van der Waals surface area (Å²) in [5.41, 5.74) is 0.595. The number of amides is 2. The van der Waals surface area contributed by atoms with Crippen LogP contribution in [0.5, 0.6) is 5.75 Å². The van der Waals surface area contributed by atoms with Crippen molar-refractivity contribution in [2.75, 3.05) is 13.6 Å². The molecule has 6 rings (SSSR count). The van der Waals surface area contributed by atoms with Gasteiger partial charge in [-0.2, -0.15) is 0 Å². The number of nitrogens with zero attached hydrogens (tertiary/aromatic N) is 2. The van der Waals surface area contributed by atoms with Crippen molar-refractivity contribution >= 4 is 23.4 Å². The molecule has 8 nitrogen and oxygen atoms in total. The second-order valence-electron chi connectivity index (χ2n) is 11.3. The summed E-state index contributed by atoms with van der Waals surface area (Å²) in [4.78, 5) is 42.5. The van der Waals surface area contributed by atoms with E-state index in [0.29, 0.717) is 26.0 Å². The number of fused-ring (bicyclic) bond motifs is 2. The van der Waals surface area contributed by atoms with Gasteiger partial charge in [0, 0.05) is 31.9 Å². The molecule has 1 spiro atoms. The Morgan fingerprint density at radius 1 is 0.977 bits per heavy atom. The zero-order valence-corrected chi connectivity index (χ0v) is 24.9. The molecule has 2 heterocycles. The summed E-state index contributed by atoms with van der Waals surface area (Å²) in [6, 6.07) is 23.6. The van der Waals surface area contributed by atoms with Gasteiger partial charge < -0.3 is 24.3 Å². The molecule has 1 aromatic heterocycles. The molecule has 0 bridgehead atoms. The third-order valence-corrected chi connectivity index (χ3v) is 8.53. The molecular weight excluding hydrogens is 585 g/mol. The lowest BCUT2D eigenvalue weighted by Gasteiger charge is -2.53. The summed E-state index contributed by atoms with van der Waals surface area (Å²) in [6.07, 6.45) is 2.50. The number of ether oxygens (including phenoxy) is 2. The molecule has 0 atom stereocenters. The van der Waals surface area contributed by atoms with E-state index in [2.05, 4.69) is 5.32 Å². The third kappa shape index (κ3) is 5.73. The largest absolute Gasteiger partial charge is 0.483 e. The number of hydrogen-bond acceptors (Lipinski definition) is 5. The number of halogens is 2. The van der Waals surface area contributed by atoms with Crippen molar-refractivity contribution in [1.29, 1.82) is 0 Å². The van der Waals surface area contributed by atoms with E-state index in [1.807, 2.05) is 60.7 Å². The number of nitrogens with one attached hydrogen (secondary N) is 1. The minimum atomic E-state index is -0.716. The minimum Gasteiger partial charge on any atom is -0.483 e. The number of carbonyl (C=O) groups excluding carboxylic acids is 2. The topological polar surface area (TPSA) is 89.9 Å². The van der Waals surface area contributed by atoms with Crippen LogP contribution in [-0.2, 0) is 30.0 Å². The van der Waals surface area contributed by atoms with Crippen LogP contribution in [0.4, 0.5) is 4.39 Å². The predicted molar refractivity (Wildman–Crippen MR) is 163 cm³/mol. The summed E-state index contributed by atoms with van der Waals surface area (Å²) in [5, 5.41) is 2.57. The molecule has 44 heavy (non-hydrogen) atoms. The van der Waals surface area contributed by atoms with Crippen LogP contribution in [0.25, 0.3) is 0 Å². The molecule has 1 N–H and O–H groups in total. The molecule has 2 aliphatic rings. The SMILES string of the molecule is CN1C[C@]2(C[C@@H](OCc3ccccc3)C2)n2cc(C(=O)NCc3cccc(Cl)c3F)c(=O)c(OCc3ccccc3)c2C1=O. The van der Waals surface area contributed by atoms with Gasteiger partial charge in [-0.1, -0.05) is 84.4 Å². The summed E-state index contributed by atoms with van der Waals surface area (Å²) in [7, 11) is 1.69. The molecule has 1 fully saturated rings. The number of benzene rings is 3. The standard InChI is InChI=1S/C34H31ClFN3O5/c1-38-21-34(15-25(16-34)43-19-22-9-4-2-5-10-22)39-18-26(32(41)37-17-24-13-8-14-27(35)28(24)36)30(40)31(29(39)33(38)42)44-20-23-11-6-3-7-12-23/h2-14,18,25H,15-17,19-21H2,1H3,(H,37,41)/t25-,34-. The lowest BCUT2D eigenvalue weighted by Crippen LogP contribution is -2.61. The van der Waals surface area contributed by atoms with E-state index in [9.17, 15) is 18.8 Å². The normalized spacial score (nSPS) is 18.9. The van der Waals surface area contributed by atoms with Crippen LogP contribution in [0.2, 0.25) is 5.02 Å². The van der Waals surface area contributed by atoms with Crippen molar-refractivity contribution < 1.29 is 23.5 Å². The van der Waals surface area contributed by atoms with Crippen LogP contribution in [0.3, 0.4) is 0 Å². The van der Waals surface area contributed by atoms with E-state index in [-0.39, 0.29) is 52.8 Å². The highest BCUT2D eigenvalue weighted by atomic mass is 35.5. The van der Waals surface area contributed by atoms with Crippen molar-refractivity contribution in [3.63, 3.8) is 0 Å². The van der Waals surface area contributed by atoms with Crippen molar-refractivity contribution in [2.45, 2.75) is 44.2 Å². The number of likely N-dealkylation sites (N-methyl/N-ethyl adjacent to an activating group) is 1. The van der Waals surface area contributed by atoms with Crippen LogP contribution in [-0.4, -0.2) is 41.0 Å². The molecule has 226 valence electrons.